The molecule has 0 aliphatic carbocycles. The van der Waals surface area contributed by atoms with Gasteiger partial charge in [0, 0.05) is 12.5 Å². The number of rotatable bonds is 7. The maximum absolute atomic E-state index is 11.4. The molecule has 0 saturated carbocycles. The molecule has 1 amide bonds. The van der Waals surface area contributed by atoms with Crippen molar-refractivity contribution in [1.82, 2.24) is 5.32 Å². The molecule has 0 fully saturated rings. The number of amides is 1. The Labute approximate surface area is 96.4 Å². The van der Waals surface area contributed by atoms with Gasteiger partial charge >= 0.3 is 5.97 Å². The van der Waals surface area contributed by atoms with E-state index in [1.165, 1.54) is 0 Å². The van der Waals surface area contributed by atoms with Gasteiger partial charge in [-0.1, -0.05) is 13.8 Å². The van der Waals surface area contributed by atoms with E-state index in [1.807, 2.05) is 6.92 Å². The Morgan fingerprint density at radius 2 is 1.88 bits per heavy atom. The molecule has 5 nitrogen and oxygen atoms in total. The van der Waals surface area contributed by atoms with Gasteiger partial charge in [0.05, 0.1) is 0 Å². The molecule has 2 atom stereocenters. The number of hydrogen-bond acceptors (Lipinski definition) is 3. The van der Waals surface area contributed by atoms with E-state index in [1.54, 1.807) is 13.8 Å². The third-order valence-corrected chi connectivity index (χ3v) is 2.31. The standard InChI is InChI=1S/C11H22N2O3/c1-7(2)10(11(15)16)13-9(14)6-4-5-8(3)12/h7-8,10H,4-6,12H2,1-3H3,(H,13,14)(H,15,16)/t8?,10-/m1/s1. The van der Waals surface area contributed by atoms with Gasteiger partial charge < -0.3 is 16.2 Å². The minimum Gasteiger partial charge on any atom is -0.480 e. The lowest BCUT2D eigenvalue weighted by Crippen LogP contribution is -2.44. The average molecular weight is 230 g/mol. The molecule has 0 aromatic rings. The quantitative estimate of drug-likeness (QED) is 0.601. The van der Waals surface area contributed by atoms with Crippen molar-refractivity contribution in [3.63, 3.8) is 0 Å². The van der Waals surface area contributed by atoms with Crippen LogP contribution in [-0.4, -0.2) is 29.1 Å². The van der Waals surface area contributed by atoms with Gasteiger partial charge in [-0.2, -0.15) is 0 Å². The zero-order valence-electron chi connectivity index (χ0n) is 10.2. The van der Waals surface area contributed by atoms with Crippen molar-refractivity contribution in [2.45, 2.75) is 52.1 Å². The van der Waals surface area contributed by atoms with Gasteiger partial charge in [0.2, 0.25) is 5.91 Å². The molecule has 16 heavy (non-hydrogen) atoms. The topological polar surface area (TPSA) is 92.4 Å². The summed E-state index contributed by atoms with van der Waals surface area (Å²) in [5.41, 5.74) is 5.55. The number of carboxylic acid groups (broad SMARTS) is 1. The fourth-order valence-electron chi connectivity index (χ4n) is 1.34. The van der Waals surface area contributed by atoms with Gasteiger partial charge in [0.1, 0.15) is 6.04 Å². The largest absolute Gasteiger partial charge is 0.480 e. The molecule has 0 aromatic heterocycles. The number of hydrogen-bond donors (Lipinski definition) is 3. The molecule has 1 unspecified atom stereocenters. The summed E-state index contributed by atoms with van der Waals surface area (Å²) in [6.07, 6.45) is 1.79. The molecule has 94 valence electrons. The van der Waals surface area contributed by atoms with Crippen molar-refractivity contribution in [3.8, 4) is 0 Å². The van der Waals surface area contributed by atoms with Crippen LogP contribution in [0.25, 0.3) is 0 Å². The first-order valence-corrected chi connectivity index (χ1v) is 5.62. The van der Waals surface area contributed by atoms with Crippen LogP contribution >= 0.6 is 0 Å². The molecular formula is C11H22N2O3. The number of carbonyl (C=O) groups excluding carboxylic acids is 1. The maximum atomic E-state index is 11.4. The van der Waals surface area contributed by atoms with Crippen LogP contribution < -0.4 is 11.1 Å². The van der Waals surface area contributed by atoms with Gasteiger partial charge in [0.25, 0.3) is 0 Å². The summed E-state index contributed by atoms with van der Waals surface area (Å²) in [5, 5.41) is 11.4. The Kier molecular flexibility index (Phi) is 6.72. The Morgan fingerprint density at radius 3 is 2.25 bits per heavy atom. The second kappa shape index (κ2) is 7.22. The average Bonchev–Trinajstić information content (AvgIpc) is 2.12. The maximum Gasteiger partial charge on any atom is 0.326 e. The highest BCUT2D eigenvalue weighted by atomic mass is 16.4. The van der Waals surface area contributed by atoms with Gasteiger partial charge in [-0.05, 0) is 25.7 Å². The summed E-state index contributed by atoms with van der Waals surface area (Å²) < 4.78 is 0. The van der Waals surface area contributed by atoms with Crippen LogP contribution in [0.1, 0.15) is 40.0 Å². The zero-order valence-corrected chi connectivity index (χ0v) is 10.2. The number of aliphatic carboxylic acids is 1. The summed E-state index contributed by atoms with van der Waals surface area (Å²) in [4.78, 5) is 22.3. The van der Waals surface area contributed by atoms with E-state index in [9.17, 15) is 9.59 Å². The Balaban J connectivity index is 3.97. The molecule has 0 spiro atoms. The first-order valence-electron chi connectivity index (χ1n) is 5.62. The van der Waals surface area contributed by atoms with Crippen LogP contribution in [-0.2, 0) is 9.59 Å². The van der Waals surface area contributed by atoms with Crippen molar-refractivity contribution < 1.29 is 14.7 Å². The van der Waals surface area contributed by atoms with Crippen molar-refractivity contribution in [1.29, 1.82) is 0 Å². The van der Waals surface area contributed by atoms with Crippen LogP contribution in [0.5, 0.6) is 0 Å². The fraction of sp³-hybridized carbons (Fsp3) is 0.818. The lowest BCUT2D eigenvalue weighted by molar-refractivity contribution is -0.143. The molecule has 0 aliphatic heterocycles. The lowest BCUT2D eigenvalue weighted by atomic mass is 10.0. The molecule has 0 aliphatic rings. The van der Waals surface area contributed by atoms with E-state index in [0.717, 1.165) is 6.42 Å². The second-order valence-corrected chi connectivity index (χ2v) is 4.50. The summed E-state index contributed by atoms with van der Waals surface area (Å²) >= 11 is 0. The first kappa shape index (κ1) is 14.9. The van der Waals surface area contributed by atoms with E-state index < -0.39 is 12.0 Å². The van der Waals surface area contributed by atoms with Gasteiger partial charge in [-0.15, -0.1) is 0 Å². The highest BCUT2D eigenvalue weighted by Gasteiger charge is 2.22. The molecular weight excluding hydrogens is 208 g/mol. The molecule has 0 radical (unpaired) electrons. The SMILES string of the molecule is CC(N)CCCC(=O)N[C@@H](C(=O)O)C(C)C. The number of nitrogens with one attached hydrogen (secondary N) is 1. The summed E-state index contributed by atoms with van der Waals surface area (Å²) in [6, 6.07) is -0.726. The minimum absolute atomic E-state index is 0.0770. The predicted molar refractivity (Wildman–Crippen MR) is 61.9 cm³/mol. The summed E-state index contributed by atoms with van der Waals surface area (Å²) in [7, 11) is 0. The van der Waals surface area contributed by atoms with Crippen LogP contribution in [0, 0.1) is 5.92 Å². The van der Waals surface area contributed by atoms with E-state index in [4.69, 9.17) is 10.8 Å². The summed E-state index contributed by atoms with van der Waals surface area (Å²) in [5.74, 6) is -1.33. The van der Waals surface area contributed by atoms with E-state index in [2.05, 4.69) is 5.32 Å². The van der Waals surface area contributed by atoms with E-state index in [0.29, 0.717) is 12.8 Å². The molecule has 0 saturated heterocycles. The van der Waals surface area contributed by atoms with Crippen LogP contribution in [0.3, 0.4) is 0 Å². The van der Waals surface area contributed by atoms with Crippen LogP contribution in [0.15, 0.2) is 0 Å². The molecule has 0 heterocycles. The van der Waals surface area contributed by atoms with Crippen molar-refractivity contribution >= 4 is 11.9 Å². The van der Waals surface area contributed by atoms with E-state index in [-0.39, 0.29) is 17.9 Å². The number of carboxylic acids is 1. The molecule has 0 aromatic carbocycles. The summed E-state index contributed by atoms with van der Waals surface area (Å²) in [6.45, 7) is 5.41. The Hall–Kier alpha value is -1.10. The fourth-order valence-corrected chi connectivity index (χ4v) is 1.34. The van der Waals surface area contributed by atoms with E-state index >= 15 is 0 Å². The van der Waals surface area contributed by atoms with Gasteiger partial charge in [-0.25, -0.2) is 4.79 Å². The Bertz CT molecular complexity index is 239. The third-order valence-electron chi connectivity index (χ3n) is 2.31. The van der Waals surface area contributed by atoms with Crippen molar-refractivity contribution in [3.05, 3.63) is 0 Å². The van der Waals surface area contributed by atoms with Crippen LogP contribution in [0.4, 0.5) is 0 Å². The molecule has 4 N–H and O–H groups in total. The highest BCUT2D eigenvalue weighted by Crippen LogP contribution is 2.04. The lowest BCUT2D eigenvalue weighted by Gasteiger charge is -2.17. The Morgan fingerprint density at radius 1 is 1.31 bits per heavy atom. The first-order chi connectivity index (χ1) is 7.34. The number of carbonyl (C=O) groups is 2. The van der Waals surface area contributed by atoms with Crippen molar-refractivity contribution in [2.75, 3.05) is 0 Å². The van der Waals surface area contributed by atoms with Gasteiger partial charge in [0.15, 0.2) is 0 Å². The monoisotopic (exact) mass is 230 g/mol. The molecule has 0 bridgehead atoms. The molecule has 5 heteroatoms. The number of nitrogens with two attached hydrogens (primary N) is 1. The minimum atomic E-state index is -0.990. The zero-order chi connectivity index (χ0) is 12.7. The molecule has 0 rings (SSSR count). The smallest absolute Gasteiger partial charge is 0.326 e. The highest BCUT2D eigenvalue weighted by molar-refractivity contribution is 5.83. The normalized spacial score (nSPS) is 14.6. The van der Waals surface area contributed by atoms with Crippen molar-refractivity contribution in [2.24, 2.45) is 11.7 Å². The third kappa shape index (κ3) is 6.40. The van der Waals surface area contributed by atoms with Gasteiger partial charge in [-0.3, -0.25) is 4.79 Å². The predicted octanol–water partition coefficient (Wildman–Crippen LogP) is 0.729. The van der Waals surface area contributed by atoms with Crippen LogP contribution in [0.2, 0.25) is 0 Å². The second-order valence-electron chi connectivity index (χ2n) is 4.50.